The molecule has 4 heteroatoms. The van der Waals surface area contributed by atoms with Gasteiger partial charge in [0, 0.05) is 6.54 Å². The average Bonchev–Trinajstić information content (AvgIpc) is 2.39. The molecule has 0 radical (unpaired) electrons. The first-order valence-corrected chi connectivity index (χ1v) is 7.35. The van der Waals surface area contributed by atoms with E-state index in [2.05, 4.69) is 31.1 Å². The van der Waals surface area contributed by atoms with Crippen LogP contribution in [0.1, 0.15) is 52.8 Å². The monoisotopic (exact) mass is 282 g/mol. The van der Waals surface area contributed by atoms with Gasteiger partial charge in [-0.15, -0.1) is 0 Å². The molecule has 0 amide bonds. The molecule has 1 rings (SSSR count). The third kappa shape index (κ3) is 4.53. The van der Waals surface area contributed by atoms with Crippen LogP contribution in [0.25, 0.3) is 0 Å². The summed E-state index contributed by atoms with van der Waals surface area (Å²) in [6.07, 6.45) is 2.16. The second-order valence-electron chi connectivity index (χ2n) is 6.17. The van der Waals surface area contributed by atoms with Crippen LogP contribution in [0.3, 0.4) is 0 Å². The van der Waals surface area contributed by atoms with Gasteiger partial charge in [-0.3, -0.25) is 4.98 Å². The maximum absolute atomic E-state index is 13.0. The molecule has 3 unspecified atom stereocenters. The Morgan fingerprint density at radius 2 is 2.00 bits per heavy atom. The molecule has 3 nitrogen and oxygen atoms in total. The lowest BCUT2D eigenvalue weighted by molar-refractivity contribution is 0.00186. The minimum absolute atomic E-state index is 0.00568. The highest BCUT2D eigenvalue weighted by Gasteiger charge is 2.28. The zero-order chi connectivity index (χ0) is 15.3. The van der Waals surface area contributed by atoms with E-state index in [4.69, 9.17) is 0 Å². The third-order valence-corrected chi connectivity index (χ3v) is 4.09. The largest absolute Gasteiger partial charge is 0.389 e. The lowest BCUT2D eigenvalue weighted by Gasteiger charge is -2.33. The SMILES string of the molecule is CCC(C)C(C)(O)CNC(c1ccc(F)cn1)C(C)C. The van der Waals surface area contributed by atoms with Crippen molar-refractivity contribution in [3.05, 3.63) is 29.8 Å². The quantitative estimate of drug-likeness (QED) is 0.806. The number of aliphatic hydroxyl groups is 1. The van der Waals surface area contributed by atoms with Gasteiger partial charge in [-0.25, -0.2) is 4.39 Å². The second kappa shape index (κ2) is 7.14. The molecule has 0 saturated carbocycles. The zero-order valence-corrected chi connectivity index (χ0v) is 13.2. The van der Waals surface area contributed by atoms with Crippen LogP contribution in [0.5, 0.6) is 0 Å². The van der Waals surface area contributed by atoms with Crippen molar-refractivity contribution >= 4 is 0 Å². The van der Waals surface area contributed by atoms with Crippen molar-refractivity contribution in [2.45, 2.75) is 52.7 Å². The lowest BCUT2D eigenvalue weighted by atomic mass is 9.88. The van der Waals surface area contributed by atoms with E-state index in [1.807, 2.05) is 13.8 Å². The molecule has 0 fully saturated rings. The fourth-order valence-electron chi connectivity index (χ4n) is 2.18. The van der Waals surface area contributed by atoms with E-state index in [-0.39, 0.29) is 17.8 Å². The van der Waals surface area contributed by atoms with E-state index in [0.29, 0.717) is 12.5 Å². The van der Waals surface area contributed by atoms with Crippen LogP contribution in [0.15, 0.2) is 18.3 Å². The second-order valence-corrected chi connectivity index (χ2v) is 6.17. The number of hydrogen-bond donors (Lipinski definition) is 2. The first kappa shape index (κ1) is 17.1. The lowest BCUT2D eigenvalue weighted by Crippen LogP contribution is -2.45. The smallest absolute Gasteiger partial charge is 0.141 e. The molecule has 2 N–H and O–H groups in total. The fraction of sp³-hybridized carbons (Fsp3) is 0.688. The van der Waals surface area contributed by atoms with E-state index >= 15 is 0 Å². The summed E-state index contributed by atoms with van der Waals surface area (Å²) in [5.41, 5.74) is 0.0448. The van der Waals surface area contributed by atoms with Gasteiger partial charge in [-0.2, -0.15) is 0 Å². The van der Waals surface area contributed by atoms with Gasteiger partial charge >= 0.3 is 0 Å². The molecule has 3 atom stereocenters. The van der Waals surface area contributed by atoms with Crippen LogP contribution in [0, 0.1) is 17.7 Å². The first-order valence-electron chi connectivity index (χ1n) is 7.35. The molecule has 0 aliphatic heterocycles. The van der Waals surface area contributed by atoms with Gasteiger partial charge in [-0.1, -0.05) is 34.1 Å². The van der Waals surface area contributed by atoms with Crippen molar-refractivity contribution in [1.29, 1.82) is 0 Å². The summed E-state index contributed by atoms with van der Waals surface area (Å²) in [5, 5.41) is 13.8. The van der Waals surface area contributed by atoms with Crippen LogP contribution in [-0.4, -0.2) is 22.2 Å². The molecule has 0 aliphatic carbocycles. The van der Waals surface area contributed by atoms with Crippen molar-refractivity contribution in [3.8, 4) is 0 Å². The molecule has 1 heterocycles. The zero-order valence-electron chi connectivity index (χ0n) is 13.2. The molecule has 1 aromatic rings. The predicted molar refractivity (Wildman–Crippen MR) is 79.9 cm³/mol. The highest BCUT2D eigenvalue weighted by Crippen LogP contribution is 2.23. The van der Waals surface area contributed by atoms with E-state index in [9.17, 15) is 9.50 Å². The molecule has 0 spiro atoms. The highest BCUT2D eigenvalue weighted by atomic mass is 19.1. The van der Waals surface area contributed by atoms with Gasteiger partial charge in [-0.05, 0) is 30.9 Å². The van der Waals surface area contributed by atoms with E-state index in [1.165, 1.54) is 12.3 Å². The van der Waals surface area contributed by atoms with Gasteiger partial charge in [0.05, 0.1) is 23.5 Å². The molecule has 0 bridgehead atoms. The minimum Gasteiger partial charge on any atom is -0.389 e. The number of halogens is 1. The Kier molecular flexibility index (Phi) is 6.08. The number of nitrogens with one attached hydrogen (secondary N) is 1. The standard InChI is InChI=1S/C16H27FN2O/c1-6-12(4)16(5,20)10-19-15(11(2)3)14-8-7-13(17)9-18-14/h7-9,11-12,15,19-20H,6,10H2,1-5H3. The van der Waals surface area contributed by atoms with Crippen LogP contribution < -0.4 is 5.32 Å². The van der Waals surface area contributed by atoms with Crippen LogP contribution in [0.4, 0.5) is 4.39 Å². The van der Waals surface area contributed by atoms with Crippen molar-refractivity contribution < 1.29 is 9.50 Å². The highest BCUT2D eigenvalue weighted by molar-refractivity contribution is 5.11. The topological polar surface area (TPSA) is 45.1 Å². The predicted octanol–water partition coefficient (Wildman–Crippen LogP) is 3.30. The number of aromatic nitrogens is 1. The Hall–Kier alpha value is -1.00. The van der Waals surface area contributed by atoms with E-state index < -0.39 is 5.60 Å². The Labute approximate surface area is 121 Å². The maximum Gasteiger partial charge on any atom is 0.141 e. The number of rotatable bonds is 7. The molecule has 20 heavy (non-hydrogen) atoms. The summed E-state index contributed by atoms with van der Waals surface area (Å²) in [6.45, 7) is 10.6. The molecular formula is C16H27FN2O. The summed E-state index contributed by atoms with van der Waals surface area (Å²) in [6, 6.07) is 3.13. The molecule has 0 aliphatic rings. The average molecular weight is 282 g/mol. The number of hydrogen-bond acceptors (Lipinski definition) is 3. The van der Waals surface area contributed by atoms with Gasteiger partial charge in [0.2, 0.25) is 0 Å². The van der Waals surface area contributed by atoms with Crippen LogP contribution in [0.2, 0.25) is 0 Å². The van der Waals surface area contributed by atoms with E-state index in [1.54, 1.807) is 6.07 Å². The Balaban J connectivity index is 2.76. The minimum atomic E-state index is -0.762. The first-order chi connectivity index (χ1) is 9.27. The van der Waals surface area contributed by atoms with Gasteiger partial charge in [0.15, 0.2) is 0 Å². The Morgan fingerprint density at radius 1 is 1.35 bits per heavy atom. The molecule has 0 saturated heterocycles. The van der Waals surface area contributed by atoms with Crippen molar-refractivity contribution in [2.24, 2.45) is 11.8 Å². The van der Waals surface area contributed by atoms with Crippen LogP contribution >= 0.6 is 0 Å². The van der Waals surface area contributed by atoms with E-state index in [0.717, 1.165) is 12.1 Å². The Morgan fingerprint density at radius 3 is 2.45 bits per heavy atom. The van der Waals surface area contributed by atoms with Crippen molar-refractivity contribution in [2.75, 3.05) is 6.54 Å². The summed E-state index contributed by atoms with van der Waals surface area (Å²) in [5.74, 6) is 0.188. The number of nitrogens with zero attached hydrogens (tertiary/aromatic N) is 1. The summed E-state index contributed by atoms with van der Waals surface area (Å²) in [7, 11) is 0. The molecule has 1 aromatic heterocycles. The summed E-state index contributed by atoms with van der Waals surface area (Å²) < 4.78 is 13.0. The van der Waals surface area contributed by atoms with Crippen molar-refractivity contribution in [1.82, 2.24) is 10.3 Å². The van der Waals surface area contributed by atoms with Crippen molar-refractivity contribution in [3.63, 3.8) is 0 Å². The van der Waals surface area contributed by atoms with Gasteiger partial charge in [0.25, 0.3) is 0 Å². The number of pyridine rings is 1. The molecule has 0 aromatic carbocycles. The summed E-state index contributed by atoms with van der Waals surface area (Å²) >= 11 is 0. The Bertz CT molecular complexity index is 403. The third-order valence-electron chi connectivity index (χ3n) is 4.09. The van der Waals surface area contributed by atoms with Gasteiger partial charge in [0.1, 0.15) is 5.82 Å². The van der Waals surface area contributed by atoms with Crippen LogP contribution in [-0.2, 0) is 0 Å². The fourth-order valence-corrected chi connectivity index (χ4v) is 2.18. The normalized spacial score (nSPS) is 17.8. The van der Waals surface area contributed by atoms with Gasteiger partial charge < -0.3 is 10.4 Å². The maximum atomic E-state index is 13.0. The summed E-state index contributed by atoms with van der Waals surface area (Å²) in [4.78, 5) is 4.15. The molecule has 114 valence electrons. The molecular weight excluding hydrogens is 255 g/mol.